The molecule has 0 bridgehead atoms. The van der Waals surface area contributed by atoms with Gasteiger partial charge in [0.2, 0.25) is 5.91 Å². The maximum Gasteiger partial charge on any atom is 0.234 e. The van der Waals surface area contributed by atoms with Gasteiger partial charge < -0.3 is 20.1 Å². The van der Waals surface area contributed by atoms with Gasteiger partial charge in [0.25, 0.3) is 0 Å². The largest absolute Gasteiger partial charge is 0.489 e. The zero-order valence-corrected chi connectivity index (χ0v) is 13.7. The van der Waals surface area contributed by atoms with Crippen LogP contribution in [0.4, 0.5) is 0 Å². The number of aryl methyl sites for hydroxylation is 1. The molecule has 0 radical (unpaired) electrons. The fourth-order valence-electron chi connectivity index (χ4n) is 1.64. The lowest BCUT2D eigenvalue weighted by molar-refractivity contribution is -0.120. The molecule has 120 valence electrons. The summed E-state index contributed by atoms with van der Waals surface area (Å²) in [6.45, 7) is 5.98. The van der Waals surface area contributed by atoms with E-state index in [2.05, 4.69) is 10.6 Å². The molecule has 21 heavy (non-hydrogen) atoms. The molecule has 0 saturated carbocycles. The van der Waals surface area contributed by atoms with Crippen molar-refractivity contribution in [3.63, 3.8) is 0 Å². The normalized spacial score (nSPS) is 11.4. The van der Waals surface area contributed by atoms with E-state index in [9.17, 15) is 4.79 Å². The third-order valence-corrected chi connectivity index (χ3v) is 2.78. The van der Waals surface area contributed by atoms with Crippen LogP contribution in [0, 0.1) is 6.92 Å². The number of hydrogen-bond donors (Lipinski definition) is 2. The molecule has 0 aliphatic carbocycles. The molecule has 0 saturated heterocycles. The molecule has 0 spiro atoms. The molecule has 1 amide bonds. The number of carbonyl (C=O) groups is 1. The third kappa shape index (κ3) is 8.55. The van der Waals surface area contributed by atoms with Gasteiger partial charge in [-0.3, -0.25) is 4.79 Å². The standard InChI is InChI=1S/C15H24N2O3.ClH/c1-12-6-4-5-7-14(12)20-13(2)10-17-15(18)11-16-8-9-19-3;/h4-7,13,16H,8-11H2,1-3H3,(H,17,18);1H. The molecule has 2 N–H and O–H groups in total. The maximum atomic E-state index is 11.6. The van der Waals surface area contributed by atoms with Crippen LogP contribution in [0.5, 0.6) is 5.75 Å². The van der Waals surface area contributed by atoms with Crippen molar-refractivity contribution < 1.29 is 14.3 Å². The van der Waals surface area contributed by atoms with Crippen molar-refractivity contribution in [3.8, 4) is 5.75 Å². The van der Waals surface area contributed by atoms with Gasteiger partial charge >= 0.3 is 0 Å². The molecule has 5 nitrogen and oxygen atoms in total. The summed E-state index contributed by atoms with van der Waals surface area (Å²) in [6.07, 6.45) is -0.0703. The minimum absolute atomic E-state index is 0. The van der Waals surface area contributed by atoms with E-state index in [4.69, 9.17) is 9.47 Å². The third-order valence-electron chi connectivity index (χ3n) is 2.78. The smallest absolute Gasteiger partial charge is 0.234 e. The fraction of sp³-hybridized carbons (Fsp3) is 0.533. The van der Waals surface area contributed by atoms with Gasteiger partial charge in [0.15, 0.2) is 0 Å². The van der Waals surface area contributed by atoms with Crippen LogP contribution in [0.2, 0.25) is 0 Å². The van der Waals surface area contributed by atoms with Crippen LogP contribution in [0.3, 0.4) is 0 Å². The van der Waals surface area contributed by atoms with Gasteiger partial charge in [-0.2, -0.15) is 0 Å². The maximum absolute atomic E-state index is 11.6. The lowest BCUT2D eigenvalue weighted by atomic mass is 10.2. The molecule has 0 aromatic heterocycles. The highest BCUT2D eigenvalue weighted by Crippen LogP contribution is 2.17. The van der Waals surface area contributed by atoms with Gasteiger partial charge in [0.1, 0.15) is 11.9 Å². The first kappa shape index (κ1) is 19.7. The number of ether oxygens (including phenoxy) is 2. The molecule has 0 aliphatic rings. The zero-order chi connectivity index (χ0) is 14.8. The van der Waals surface area contributed by atoms with Crippen molar-refractivity contribution in [3.05, 3.63) is 29.8 Å². The molecule has 1 aromatic rings. The van der Waals surface area contributed by atoms with E-state index in [0.717, 1.165) is 11.3 Å². The summed E-state index contributed by atoms with van der Waals surface area (Å²) in [5, 5.41) is 5.82. The van der Waals surface area contributed by atoms with Gasteiger partial charge in [-0.15, -0.1) is 12.4 Å². The number of para-hydroxylation sites is 1. The van der Waals surface area contributed by atoms with Crippen molar-refractivity contribution >= 4 is 18.3 Å². The van der Waals surface area contributed by atoms with Crippen molar-refractivity contribution in [1.82, 2.24) is 10.6 Å². The molecular weight excluding hydrogens is 292 g/mol. The van der Waals surface area contributed by atoms with Gasteiger partial charge in [0, 0.05) is 13.7 Å². The number of carbonyl (C=O) groups excluding carboxylic acids is 1. The predicted octanol–water partition coefficient (Wildman–Crippen LogP) is 1.54. The lowest BCUT2D eigenvalue weighted by Gasteiger charge is -2.17. The number of nitrogens with one attached hydrogen (secondary N) is 2. The van der Waals surface area contributed by atoms with Crippen LogP contribution in [-0.2, 0) is 9.53 Å². The number of methoxy groups -OCH3 is 1. The molecule has 1 rings (SSSR count). The van der Waals surface area contributed by atoms with Crippen LogP contribution >= 0.6 is 12.4 Å². The Bertz CT molecular complexity index is 416. The first-order valence-electron chi connectivity index (χ1n) is 6.82. The molecule has 1 aromatic carbocycles. The van der Waals surface area contributed by atoms with E-state index in [0.29, 0.717) is 26.2 Å². The van der Waals surface area contributed by atoms with Gasteiger partial charge in [-0.25, -0.2) is 0 Å². The zero-order valence-electron chi connectivity index (χ0n) is 12.8. The highest BCUT2D eigenvalue weighted by Gasteiger charge is 2.07. The molecule has 0 heterocycles. The van der Waals surface area contributed by atoms with Crippen LogP contribution in [-0.4, -0.2) is 45.4 Å². The van der Waals surface area contributed by atoms with Crippen LogP contribution in [0.25, 0.3) is 0 Å². The molecule has 1 atom stereocenters. The predicted molar refractivity (Wildman–Crippen MR) is 86.3 cm³/mol. The Morgan fingerprint density at radius 1 is 1.33 bits per heavy atom. The minimum Gasteiger partial charge on any atom is -0.489 e. The van der Waals surface area contributed by atoms with E-state index in [1.165, 1.54) is 0 Å². The summed E-state index contributed by atoms with van der Waals surface area (Å²) < 4.78 is 10.7. The number of benzene rings is 1. The van der Waals surface area contributed by atoms with Gasteiger partial charge in [0.05, 0.1) is 19.7 Å². The SMILES string of the molecule is COCCNCC(=O)NCC(C)Oc1ccccc1C.Cl. The Morgan fingerprint density at radius 2 is 2.05 bits per heavy atom. The quantitative estimate of drug-likeness (QED) is 0.678. The number of hydrogen-bond acceptors (Lipinski definition) is 4. The summed E-state index contributed by atoms with van der Waals surface area (Å²) >= 11 is 0. The van der Waals surface area contributed by atoms with E-state index >= 15 is 0 Å². The van der Waals surface area contributed by atoms with Gasteiger partial charge in [-0.05, 0) is 25.5 Å². The summed E-state index contributed by atoms with van der Waals surface area (Å²) in [5.74, 6) is 0.814. The summed E-state index contributed by atoms with van der Waals surface area (Å²) in [4.78, 5) is 11.6. The van der Waals surface area contributed by atoms with Crippen LogP contribution in [0.1, 0.15) is 12.5 Å². The highest BCUT2D eigenvalue weighted by atomic mass is 35.5. The van der Waals surface area contributed by atoms with Crippen LogP contribution < -0.4 is 15.4 Å². The van der Waals surface area contributed by atoms with Crippen molar-refractivity contribution in [2.45, 2.75) is 20.0 Å². The van der Waals surface area contributed by atoms with E-state index in [1.54, 1.807) is 7.11 Å². The average molecular weight is 317 g/mol. The van der Waals surface area contributed by atoms with Crippen molar-refractivity contribution in [2.75, 3.05) is 33.4 Å². The number of amides is 1. The Labute approximate surface area is 132 Å². The van der Waals surface area contributed by atoms with Crippen LogP contribution in [0.15, 0.2) is 24.3 Å². The van der Waals surface area contributed by atoms with E-state index < -0.39 is 0 Å². The molecule has 1 unspecified atom stereocenters. The number of halogens is 1. The molecule has 0 fully saturated rings. The summed E-state index contributed by atoms with van der Waals surface area (Å²) in [6, 6.07) is 7.84. The molecular formula is C15H25ClN2O3. The first-order valence-corrected chi connectivity index (χ1v) is 6.82. The summed E-state index contributed by atoms with van der Waals surface area (Å²) in [5.41, 5.74) is 1.09. The Kier molecular flexibility index (Phi) is 10.7. The second-order valence-corrected chi connectivity index (χ2v) is 4.67. The first-order chi connectivity index (χ1) is 9.63. The average Bonchev–Trinajstić information content (AvgIpc) is 2.44. The number of rotatable bonds is 9. The van der Waals surface area contributed by atoms with Crippen molar-refractivity contribution in [1.29, 1.82) is 0 Å². The Balaban J connectivity index is 0.00000400. The Morgan fingerprint density at radius 3 is 2.71 bits per heavy atom. The fourth-order valence-corrected chi connectivity index (χ4v) is 1.64. The lowest BCUT2D eigenvalue weighted by Crippen LogP contribution is -2.39. The Hall–Kier alpha value is -1.30. The topological polar surface area (TPSA) is 59.6 Å². The monoisotopic (exact) mass is 316 g/mol. The highest BCUT2D eigenvalue weighted by molar-refractivity contribution is 5.85. The summed E-state index contributed by atoms with van der Waals surface area (Å²) in [7, 11) is 1.63. The second-order valence-electron chi connectivity index (χ2n) is 4.67. The molecule has 6 heteroatoms. The molecule has 0 aliphatic heterocycles. The van der Waals surface area contributed by atoms with Gasteiger partial charge in [-0.1, -0.05) is 18.2 Å². The van der Waals surface area contributed by atoms with Crippen molar-refractivity contribution in [2.24, 2.45) is 0 Å². The van der Waals surface area contributed by atoms with E-state index in [-0.39, 0.29) is 24.4 Å². The van der Waals surface area contributed by atoms with E-state index in [1.807, 2.05) is 38.1 Å². The second kappa shape index (κ2) is 11.4. The minimum atomic E-state index is -0.0703.